The second-order valence-corrected chi connectivity index (χ2v) is 8.57. The molecule has 0 aromatic heterocycles. The molecule has 0 radical (unpaired) electrons. The Labute approximate surface area is 212 Å². The summed E-state index contributed by atoms with van der Waals surface area (Å²) in [7, 11) is 6.30. The van der Waals surface area contributed by atoms with E-state index in [-0.39, 0.29) is 23.9 Å². The predicted molar refractivity (Wildman–Crippen MR) is 140 cm³/mol. The Balaban J connectivity index is 1.64. The van der Waals surface area contributed by atoms with E-state index in [4.69, 9.17) is 18.9 Å². The number of hydrogen-bond acceptors (Lipinski definition) is 6. The molecule has 0 unspecified atom stereocenters. The minimum Gasteiger partial charge on any atom is -0.493 e. The molecule has 0 bridgehead atoms. The summed E-state index contributed by atoms with van der Waals surface area (Å²) < 4.78 is 21.2. The molecule has 2 aromatic carbocycles. The van der Waals surface area contributed by atoms with Crippen LogP contribution in [0.1, 0.15) is 25.0 Å². The number of carbonyl (C=O) groups is 2. The summed E-state index contributed by atoms with van der Waals surface area (Å²) in [5.41, 5.74) is 1.66. The van der Waals surface area contributed by atoms with E-state index >= 15 is 0 Å². The largest absolute Gasteiger partial charge is 0.493 e. The summed E-state index contributed by atoms with van der Waals surface area (Å²) in [6, 6.07) is 10.7. The molecule has 36 heavy (non-hydrogen) atoms. The molecule has 1 heterocycles. The van der Waals surface area contributed by atoms with Crippen LogP contribution in [-0.4, -0.2) is 75.2 Å². The van der Waals surface area contributed by atoms with Crippen molar-refractivity contribution in [3.05, 3.63) is 59.7 Å². The average molecular weight is 495 g/mol. The highest BCUT2D eigenvalue weighted by Gasteiger charge is 2.32. The Morgan fingerprint density at radius 2 is 1.03 bits per heavy atom. The second-order valence-electron chi connectivity index (χ2n) is 8.57. The zero-order valence-electron chi connectivity index (χ0n) is 21.7. The van der Waals surface area contributed by atoms with Crippen LogP contribution in [0.5, 0.6) is 23.0 Å². The fourth-order valence-electron chi connectivity index (χ4n) is 4.18. The quantitative estimate of drug-likeness (QED) is 0.518. The van der Waals surface area contributed by atoms with Crippen LogP contribution in [0.25, 0.3) is 12.2 Å². The van der Waals surface area contributed by atoms with Gasteiger partial charge in [-0.1, -0.05) is 12.1 Å². The summed E-state index contributed by atoms with van der Waals surface area (Å²) in [5, 5.41) is 0. The smallest absolute Gasteiger partial charge is 0.246 e. The minimum absolute atomic E-state index is 0.0999. The first-order valence-electron chi connectivity index (χ1n) is 11.7. The molecule has 1 aliphatic rings. The molecular formula is C28H34N2O6. The molecule has 8 heteroatoms. The van der Waals surface area contributed by atoms with Gasteiger partial charge in [-0.3, -0.25) is 9.59 Å². The number of rotatable bonds is 8. The van der Waals surface area contributed by atoms with Crippen molar-refractivity contribution in [3.63, 3.8) is 0 Å². The number of hydrogen-bond donors (Lipinski definition) is 0. The highest BCUT2D eigenvalue weighted by molar-refractivity contribution is 5.94. The monoisotopic (exact) mass is 494 g/mol. The first-order valence-corrected chi connectivity index (χ1v) is 11.7. The van der Waals surface area contributed by atoms with Gasteiger partial charge in [-0.25, -0.2) is 0 Å². The van der Waals surface area contributed by atoms with Gasteiger partial charge in [0.1, 0.15) is 0 Å². The molecule has 0 spiro atoms. The molecule has 0 saturated carbocycles. The second kappa shape index (κ2) is 12.2. The summed E-state index contributed by atoms with van der Waals surface area (Å²) >= 11 is 0. The number of nitrogens with zero attached hydrogens (tertiary/aromatic N) is 2. The van der Waals surface area contributed by atoms with Crippen molar-refractivity contribution in [2.45, 2.75) is 25.9 Å². The molecule has 1 aliphatic heterocycles. The van der Waals surface area contributed by atoms with Crippen molar-refractivity contribution in [3.8, 4) is 23.0 Å². The number of ether oxygens (including phenoxy) is 4. The summed E-state index contributed by atoms with van der Waals surface area (Å²) in [5.74, 6) is 2.26. The van der Waals surface area contributed by atoms with E-state index in [9.17, 15) is 9.59 Å². The van der Waals surface area contributed by atoms with Gasteiger partial charge in [0, 0.05) is 37.3 Å². The SMILES string of the molecule is COc1ccc(/C=C\C(=O)N2C[C@H](C)N(C(=O)/C=C\c3ccc(OC)c(OC)c3)C[C@@H]2C)cc1OC. The van der Waals surface area contributed by atoms with E-state index < -0.39 is 0 Å². The third kappa shape index (κ3) is 6.19. The van der Waals surface area contributed by atoms with Crippen LogP contribution in [0.15, 0.2) is 48.6 Å². The molecule has 8 nitrogen and oxygen atoms in total. The third-order valence-electron chi connectivity index (χ3n) is 6.20. The Kier molecular flexibility index (Phi) is 9.00. The summed E-state index contributed by atoms with van der Waals surface area (Å²) in [4.78, 5) is 29.5. The molecular weight excluding hydrogens is 460 g/mol. The van der Waals surface area contributed by atoms with E-state index in [2.05, 4.69) is 0 Å². The van der Waals surface area contributed by atoms with E-state index in [1.54, 1.807) is 74.7 Å². The van der Waals surface area contributed by atoms with Crippen molar-refractivity contribution in [2.24, 2.45) is 0 Å². The highest BCUT2D eigenvalue weighted by Crippen LogP contribution is 2.29. The van der Waals surface area contributed by atoms with Crippen LogP contribution in [0.2, 0.25) is 0 Å². The van der Waals surface area contributed by atoms with E-state index in [0.29, 0.717) is 36.1 Å². The molecule has 2 aromatic rings. The number of methoxy groups -OCH3 is 4. The first kappa shape index (κ1) is 26.7. The number of benzene rings is 2. The average Bonchev–Trinajstić information content (AvgIpc) is 2.90. The lowest BCUT2D eigenvalue weighted by atomic mass is 10.1. The molecule has 3 rings (SSSR count). The van der Waals surface area contributed by atoms with Crippen LogP contribution in [0.4, 0.5) is 0 Å². The standard InChI is InChI=1S/C28H34N2O6/c1-19-17-30(28(32)14-10-22-8-12-24(34-4)26(16-22)36-6)20(2)18-29(19)27(31)13-9-21-7-11-23(33-3)25(15-21)35-5/h7-16,19-20H,17-18H2,1-6H3/b13-9-,14-10-/t19-,20-/m0/s1. The maximum atomic E-state index is 12.9. The Hall–Kier alpha value is -3.94. The van der Waals surface area contributed by atoms with Gasteiger partial charge in [0.2, 0.25) is 11.8 Å². The van der Waals surface area contributed by atoms with Crippen LogP contribution >= 0.6 is 0 Å². The molecule has 2 amide bonds. The zero-order chi connectivity index (χ0) is 26.2. The van der Waals surface area contributed by atoms with Crippen molar-refractivity contribution in [1.82, 2.24) is 9.80 Å². The molecule has 0 N–H and O–H groups in total. The van der Waals surface area contributed by atoms with Crippen molar-refractivity contribution in [2.75, 3.05) is 41.5 Å². The lowest BCUT2D eigenvalue weighted by Gasteiger charge is -2.43. The van der Waals surface area contributed by atoms with E-state index in [1.807, 2.05) is 38.1 Å². The van der Waals surface area contributed by atoms with Crippen LogP contribution < -0.4 is 18.9 Å². The van der Waals surface area contributed by atoms with Crippen molar-refractivity contribution in [1.29, 1.82) is 0 Å². The van der Waals surface area contributed by atoms with Gasteiger partial charge in [0.15, 0.2) is 23.0 Å². The molecule has 192 valence electrons. The summed E-state index contributed by atoms with van der Waals surface area (Å²) in [6.07, 6.45) is 6.62. The molecule has 0 aliphatic carbocycles. The first-order chi connectivity index (χ1) is 17.3. The lowest BCUT2D eigenvalue weighted by Crippen LogP contribution is -2.59. The predicted octanol–water partition coefficient (Wildman–Crippen LogP) is 3.90. The minimum atomic E-state index is -0.123. The molecule has 2 atom stereocenters. The Bertz CT molecular complexity index is 1050. The molecule has 1 saturated heterocycles. The Morgan fingerprint density at radius 3 is 1.36 bits per heavy atom. The number of carbonyl (C=O) groups excluding carboxylic acids is 2. The topological polar surface area (TPSA) is 77.5 Å². The summed E-state index contributed by atoms with van der Waals surface area (Å²) in [6.45, 7) is 4.80. The maximum Gasteiger partial charge on any atom is 0.246 e. The maximum absolute atomic E-state index is 12.9. The van der Waals surface area contributed by atoms with Crippen molar-refractivity contribution >= 4 is 24.0 Å². The Morgan fingerprint density at radius 1 is 0.667 bits per heavy atom. The van der Waals surface area contributed by atoms with E-state index in [1.165, 1.54) is 0 Å². The van der Waals surface area contributed by atoms with Gasteiger partial charge >= 0.3 is 0 Å². The van der Waals surface area contributed by atoms with Gasteiger partial charge in [-0.05, 0) is 61.4 Å². The number of piperazine rings is 1. The highest BCUT2D eigenvalue weighted by atomic mass is 16.5. The lowest BCUT2D eigenvalue weighted by molar-refractivity contribution is -0.139. The molecule has 1 fully saturated rings. The van der Waals surface area contributed by atoms with Gasteiger partial charge in [-0.15, -0.1) is 0 Å². The van der Waals surface area contributed by atoms with Crippen LogP contribution in [0, 0.1) is 0 Å². The van der Waals surface area contributed by atoms with Crippen LogP contribution in [-0.2, 0) is 9.59 Å². The normalized spacial score (nSPS) is 17.9. The van der Waals surface area contributed by atoms with Crippen LogP contribution in [0.3, 0.4) is 0 Å². The third-order valence-corrected chi connectivity index (χ3v) is 6.20. The van der Waals surface area contributed by atoms with Gasteiger partial charge < -0.3 is 28.7 Å². The van der Waals surface area contributed by atoms with E-state index in [0.717, 1.165) is 11.1 Å². The zero-order valence-corrected chi connectivity index (χ0v) is 21.7. The fourth-order valence-corrected chi connectivity index (χ4v) is 4.18. The van der Waals surface area contributed by atoms with Gasteiger partial charge in [0.05, 0.1) is 28.4 Å². The van der Waals surface area contributed by atoms with Gasteiger partial charge in [-0.2, -0.15) is 0 Å². The number of amides is 2. The van der Waals surface area contributed by atoms with Gasteiger partial charge in [0.25, 0.3) is 0 Å². The van der Waals surface area contributed by atoms with Crippen molar-refractivity contribution < 1.29 is 28.5 Å². The fraction of sp³-hybridized carbons (Fsp3) is 0.357.